The van der Waals surface area contributed by atoms with Crippen molar-refractivity contribution in [3.8, 4) is 11.4 Å². The van der Waals surface area contributed by atoms with Crippen LogP contribution in [0.2, 0.25) is 5.02 Å². The number of anilines is 1. The van der Waals surface area contributed by atoms with Gasteiger partial charge in [-0.05, 0) is 61.2 Å². The number of halogens is 2. The van der Waals surface area contributed by atoms with Crippen LogP contribution in [0.4, 0.5) is 10.1 Å². The molecule has 2 aliphatic heterocycles. The van der Waals surface area contributed by atoms with Crippen LogP contribution in [0.3, 0.4) is 0 Å². The first-order chi connectivity index (χ1) is 16.5. The second-order valence-electron chi connectivity index (χ2n) is 8.88. The molecule has 1 aromatic heterocycles. The van der Waals surface area contributed by atoms with Crippen LogP contribution in [-0.2, 0) is 16.0 Å². The summed E-state index contributed by atoms with van der Waals surface area (Å²) in [4.78, 5) is 33.6. The summed E-state index contributed by atoms with van der Waals surface area (Å²) in [5, 5.41) is 4.57. The number of likely N-dealkylation sites (tertiary alicyclic amines) is 1. The van der Waals surface area contributed by atoms with Gasteiger partial charge in [0.1, 0.15) is 5.82 Å². The molecule has 7 nitrogen and oxygen atoms in total. The van der Waals surface area contributed by atoms with Gasteiger partial charge in [0.05, 0.1) is 5.92 Å². The molecule has 1 atom stereocenters. The topological polar surface area (TPSA) is 79.5 Å². The molecule has 0 aliphatic carbocycles. The number of piperidine rings is 1. The molecule has 0 spiro atoms. The Balaban J connectivity index is 1.14. The van der Waals surface area contributed by atoms with Crippen LogP contribution in [0, 0.1) is 17.7 Å². The Morgan fingerprint density at radius 1 is 1.15 bits per heavy atom. The predicted octanol–water partition coefficient (Wildman–Crippen LogP) is 4.36. The van der Waals surface area contributed by atoms with E-state index in [9.17, 15) is 14.0 Å². The van der Waals surface area contributed by atoms with Crippen LogP contribution in [-0.4, -0.2) is 46.5 Å². The molecule has 2 amide bonds. The molecule has 0 saturated carbocycles. The lowest BCUT2D eigenvalue weighted by atomic mass is 9.92. The van der Waals surface area contributed by atoms with Gasteiger partial charge in [-0.3, -0.25) is 9.59 Å². The fraction of sp³-hybridized carbons (Fsp3) is 0.360. The van der Waals surface area contributed by atoms with Crippen molar-refractivity contribution in [2.24, 2.45) is 11.8 Å². The fourth-order valence-electron chi connectivity index (χ4n) is 4.68. The lowest BCUT2D eigenvalue weighted by Crippen LogP contribution is -2.42. The van der Waals surface area contributed by atoms with Crippen LogP contribution in [0.15, 0.2) is 53.1 Å². The molecular formula is C25H24ClFN4O3. The van der Waals surface area contributed by atoms with Gasteiger partial charge in [-0.2, -0.15) is 4.98 Å². The van der Waals surface area contributed by atoms with Gasteiger partial charge in [0.15, 0.2) is 0 Å². The number of carbonyl (C=O) groups excluding carboxylic acids is 2. The Morgan fingerprint density at radius 2 is 1.91 bits per heavy atom. The molecule has 5 rings (SSSR count). The zero-order valence-electron chi connectivity index (χ0n) is 18.5. The fourth-order valence-corrected chi connectivity index (χ4v) is 4.87. The molecule has 2 fully saturated rings. The minimum absolute atomic E-state index is 0.0349. The summed E-state index contributed by atoms with van der Waals surface area (Å²) in [5.74, 6) is 0.654. The second-order valence-corrected chi connectivity index (χ2v) is 9.31. The number of benzene rings is 2. The van der Waals surface area contributed by atoms with E-state index in [1.54, 1.807) is 35.2 Å². The van der Waals surface area contributed by atoms with E-state index in [1.165, 1.54) is 12.1 Å². The molecule has 2 aliphatic rings. The van der Waals surface area contributed by atoms with Crippen LogP contribution in [0.25, 0.3) is 11.4 Å². The lowest BCUT2D eigenvalue weighted by molar-refractivity contribution is -0.137. The monoisotopic (exact) mass is 482 g/mol. The molecule has 9 heteroatoms. The summed E-state index contributed by atoms with van der Waals surface area (Å²) >= 11 is 6.06. The number of hydrogen-bond acceptors (Lipinski definition) is 5. The van der Waals surface area contributed by atoms with E-state index < -0.39 is 0 Å². The van der Waals surface area contributed by atoms with Crippen molar-refractivity contribution in [2.75, 3.05) is 24.5 Å². The van der Waals surface area contributed by atoms with E-state index in [4.69, 9.17) is 16.1 Å². The van der Waals surface area contributed by atoms with Gasteiger partial charge < -0.3 is 14.3 Å². The van der Waals surface area contributed by atoms with E-state index in [0.717, 1.165) is 18.5 Å². The highest BCUT2D eigenvalue weighted by molar-refractivity contribution is 6.31. The van der Waals surface area contributed by atoms with Crippen LogP contribution >= 0.6 is 11.6 Å². The molecule has 0 N–H and O–H groups in total. The summed E-state index contributed by atoms with van der Waals surface area (Å²) in [7, 11) is 0. The predicted molar refractivity (Wildman–Crippen MR) is 125 cm³/mol. The van der Waals surface area contributed by atoms with Crippen molar-refractivity contribution in [2.45, 2.75) is 25.7 Å². The third-order valence-electron chi connectivity index (χ3n) is 6.55. The van der Waals surface area contributed by atoms with Crippen LogP contribution in [0.1, 0.15) is 25.2 Å². The quantitative estimate of drug-likeness (QED) is 0.539. The summed E-state index contributed by atoms with van der Waals surface area (Å²) in [6, 6.07) is 13.1. The van der Waals surface area contributed by atoms with E-state index in [1.807, 2.05) is 11.0 Å². The van der Waals surface area contributed by atoms with Gasteiger partial charge in [-0.1, -0.05) is 22.8 Å². The SMILES string of the molecule is O=C([C@H]1CC(=O)N(c2cccc(Cl)c2)C1)N1CCC(Cc2nc(-c3ccc(F)cc3)no2)CC1. The molecule has 2 aromatic carbocycles. The molecule has 0 radical (unpaired) electrons. The number of rotatable bonds is 5. The Bertz CT molecular complexity index is 1190. The minimum Gasteiger partial charge on any atom is -0.342 e. The summed E-state index contributed by atoms with van der Waals surface area (Å²) in [6.45, 7) is 1.67. The number of aromatic nitrogens is 2. The minimum atomic E-state index is -0.336. The van der Waals surface area contributed by atoms with Crippen molar-refractivity contribution in [1.82, 2.24) is 15.0 Å². The highest BCUT2D eigenvalue weighted by Gasteiger charge is 2.38. The summed E-state index contributed by atoms with van der Waals surface area (Å²) < 4.78 is 18.5. The first-order valence-electron chi connectivity index (χ1n) is 11.4. The normalized spacial score (nSPS) is 19.1. The third kappa shape index (κ3) is 4.82. The largest absolute Gasteiger partial charge is 0.342 e. The highest BCUT2D eigenvalue weighted by Crippen LogP contribution is 2.30. The zero-order valence-corrected chi connectivity index (χ0v) is 19.2. The van der Waals surface area contributed by atoms with Crippen molar-refractivity contribution < 1.29 is 18.5 Å². The maximum atomic E-state index is 13.1. The Kier molecular flexibility index (Phi) is 6.32. The van der Waals surface area contributed by atoms with Gasteiger partial charge in [0, 0.05) is 48.7 Å². The van der Waals surface area contributed by atoms with Crippen LogP contribution in [0.5, 0.6) is 0 Å². The Labute approximate surface area is 201 Å². The first-order valence-corrected chi connectivity index (χ1v) is 11.8. The number of amides is 2. The van der Waals surface area contributed by atoms with E-state index in [0.29, 0.717) is 54.3 Å². The van der Waals surface area contributed by atoms with Gasteiger partial charge in [-0.25, -0.2) is 4.39 Å². The number of nitrogens with zero attached hydrogens (tertiary/aromatic N) is 4. The number of hydrogen-bond donors (Lipinski definition) is 0. The maximum absolute atomic E-state index is 13.1. The van der Waals surface area contributed by atoms with Gasteiger partial charge in [-0.15, -0.1) is 0 Å². The second kappa shape index (κ2) is 9.54. The first kappa shape index (κ1) is 22.5. The highest BCUT2D eigenvalue weighted by atomic mass is 35.5. The molecular weight excluding hydrogens is 459 g/mol. The average molecular weight is 483 g/mol. The molecule has 34 heavy (non-hydrogen) atoms. The van der Waals surface area contributed by atoms with Crippen molar-refractivity contribution in [1.29, 1.82) is 0 Å². The summed E-state index contributed by atoms with van der Waals surface area (Å²) in [6.07, 6.45) is 2.53. The average Bonchev–Trinajstić information content (AvgIpc) is 3.46. The third-order valence-corrected chi connectivity index (χ3v) is 6.79. The van der Waals surface area contributed by atoms with Crippen LogP contribution < -0.4 is 4.90 Å². The van der Waals surface area contributed by atoms with Crippen molar-refractivity contribution >= 4 is 29.1 Å². The van der Waals surface area contributed by atoms with Gasteiger partial charge in [0.25, 0.3) is 0 Å². The van der Waals surface area contributed by atoms with Gasteiger partial charge >= 0.3 is 0 Å². The summed E-state index contributed by atoms with van der Waals surface area (Å²) in [5.41, 5.74) is 1.43. The molecule has 3 heterocycles. The van der Waals surface area contributed by atoms with E-state index in [2.05, 4.69) is 10.1 Å². The smallest absolute Gasteiger partial charge is 0.228 e. The molecule has 0 bridgehead atoms. The Hall–Kier alpha value is -3.26. The standard InChI is InChI=1S/C25H24ClFN4O3/c26-19-2-1-3-21(14-19)31-15-18(13-23(31)32)25(33)30-10-8-16(9-11-30)12-22-28-24(29-34-22)17-4-6-20(27)7-5-17/h1-7,14,16,18H,8-13,15H2/t18-/m0/s1. The maximum Gasteiger partial charge on any atom is 0.228 e. The Morgan fingerprint density at radius 3 is 2.65 bits per heavy atom. The zero-order chi connectivity index (χ0) is 23.7. The van der Waals surface area contributed by atoms with Crippen molar-refractivity contribution in [3.63, 3.8) is 0 Å². The molecule has 0 unspecified atom stereocenters. The van der Waals surface area contributed by atoms with E-state index >= 15 is 0 Å². The van der Waals surface area contributed by atoms with Crippen molar-refractivity contribution in [3.05, 3.63) is 65.3 Å². The van der Waals surface area contributed by atoms with E-state index in [-0.39, 0.29) is 30.0 Å². The lowest BCUT2D eigenvalue weighted by Gasteiger charge is -2.33. The molecule has 176 valence electrons. The number of carbonyl (C=O) groups is 2. The molecule has 2 saturated heterocycles. The molecule has 3 aromatic rings. The van der Waals surface area contributed by atoms with Gasteiger partial charge in [0.2, 0.25) is 23.5 Å².